The zero-order valence-electron chi connectivity index (χ0n) is 9.03. The van der Waals surface area contributed by atoms with E-state index >= 15 is 0 Å². The van der Waals surface area contributed by atoms with E-state index in [1.165, 1.54) is 0 Å². The molecule has 3 heteroatoms. The number of nitrogens with one attached hydrogen (secondary N) is 1. The molecule has 0 aliphatic carbocycles. The number of anilines is 1. The Bertz CT molecular complexity index is 509. The number of rotatable bonds is 3. The van der Waals surface area contributed by atoms with Crippen LogP contribution in [0.25, 0.3) is 0 Å². The van der Waals surface area contributed by atoms with Crippen molar-refractivity contribution in [2.75, 3.05) is 5.32 Å². The van der Waals surface area contributed by atoms with Gasteiger partial charge < -0.3 is 9.73 Å². The zero-order chi connectivity index (χ0) is 11.4. The van der Waals surface area contributed by atoms with Gasteiger partial charge in [-0.15, -0.1) is 0 Å². The molecule has 2 rings (SSSR count). The lowest BCUT2D eigenvalue weighted by Gasteiger charge is -2.08. The van der Waals surface area contributed by atoms with Crippen molar-refractivity contribution in [2.24, 2.45) is 0 Å². The number of hydrogen-bond donors (Lipinski definition) is 1. The Labute approximate surface area is 94.3 Å². The third kappa shape index (κ3) is 2.06. The van der Waals surface area contributed by atoms with Crippen molar-refractivity contribution in [3.63, 3.8) is 0 Å². The summed E-state index contributed by atoms with van der Waals surface area (Å²) in [6, 6.07) is 11.6. The molecule has 0 saturated carbocycles. The predicted octanol–water partition coefficient (Wildman–Crippen LogP) is 3.07. The van der Waals surface area contributed by atoms with E-state index in [0.717, 1.165) is 17.0 Å². The second-order valence-corrected chi connectivity index (χ2v) is 3.52. The Hall–Kier alpha value is -2.21. The number of furan rings is 1. The molecule has 0 spiro atoms. The Morgan fingerprint density at radius 2 is 2.19 bits per heavy atom. The van der Waals surface area contributed by atoms with Crippen molar-refractivity contribution in [3.05, 3.63) is 53.5 Å². The van der Waals surface area contributed by atoms with E-state index < -0.39 is 0 Å². The lowest BCUT2D eigenvalue weighted by Crippen LogP contribution is -2.00. The maximum atomic E-state index is 8.90. The van der Waals surface area contributed by atoms with Gasteiger partial charge in [0.05, 0.1) is 24.4 Å². The fourth-order valence-corrected chi connectivity index (χ4v) is 1.54. The van der Waals surface area contributed by atoms with Gasteiger partial charge in [0.25, 0.3) is 0 Å². The number of nitriles is 1. The fourth-order valence-electron chi connectivity index (χ4n) is 1.54. The van der Waals surface area contributed by atoms with E-state index in [2.05, 4.69) is 11.4 Å². The smallest absolute Gasteiger partial charge is 0.122 e. The van der Waals surface area contributed by atoms with Gasteiger partial charge in [-0.1, -0.05) is 6.07 Å². The van der Waals surface area contributed by atoms with E-state index in [0.29, 0.717) is 12.1 Å². The van der Waals surface area contributed by atoms with Crippen LogP contribution in [-0.2, 0) is 6.54 Å². The molecule has 1 heterocycles. The summed E-state index contributed by atoms with van der Waals surface area (Å²) in [6.45, 7) is 2.56. The predicted molar refractivity (Wildman–Crippen MR) is 61.9 cm³/mol. The molecule has 0 atom stereocenters. The van der Waals surface area contributed by atoms with Crippen LogP contribution >= 0.6 is 0 Å². The van der Waals surface area contributed by atoms with Gasteiger partial charge in [0.2, 0.25) is 0 Å². The molecule has 1 aromatic carbocycles. The van der Waals surface area contributed by atoms with Crippen LogP contribution in [0.2, 0.25) is 0 Å². The van der Waals surface area contributed by atoms with Gasteiger partial charge in [-0.2, -0.15) is 5.26 Å². The third-order valence-corrected chi connectivity index (χ3v) is 2.49. The molecular weight excluding hydrogens is 200 g/mol. The SMILES string of the molecule is Cc1c(C#N)cccc1NCc1ccco1. The van der Waals surface area contributed by atoms with Gasteiger partial charge in [-0.25, -0.2) is 0 Å². The largest absolute Gasteiger partial charge is 0.467 e. The molecule has 0 radical (unpaired) electrons. The van der Waals surface area contributed by atoms with Gasteiger partial charge >= 0.3 is 0 Å². The van der Waals surface area contributed by atoms with Gasteiger partial charge in [0.15, 0.2) is 0 Å². The van der Waals surface area contributed by atoms with E-state index in [9.17, 15) is 0 Å². The first-order valence-electron chi connectivity index (χ1n) is 5.07. The highest BCUT2D eigenvalue weighted by Gasteiger charge is 2.03. The highest BCUT2D eigenvalue weighted by atomic mass is 16.3. The molecular formula is C13H12N2O. The van der Waals surface area contributed by atoms with Crippen molar-refractivity contribution in [1.29, 1.82) is 5.26 Å². The van der Waals surface area contributed by atoms with Crippen molar-refractivity contribution >= 4 is 5.69 Å². The normalized spacial score (nSPS) is 9.75. The van der Waals surface area contributed by atoms with Crippen LogP contribution in [0.4, 0.5) is 5.69 Å². The zero-order valence-corrected chi connectivity index (χ0v) is 9.03. The monoisotopic (exact) mass is 212 g/mol. The first kappa shape index (κ1) is 10.3. The number of nitrogens with zero attached hydrogens (tertiary/aromatic N) is 1. The van der Waals surface area contributed by atoms with Crippen molar-refractivity contribution in [3.8, 4) is 6.07 Å². The van der Waals surface area contributed by atoms with Crippen LogP contribution in [0.15, 0.2) is 41.0 Å². The molecule has 16 heavy (non-hydrogen) atoms. The molecule has 1 N–H and O–H groups in total. The van der Waals surface area contributed by atoms with E-state index in [1.807, 2.05) is 37.3 Å². The van der Waals surface area contributed by atoms with E-state index in [-0.39, 0.29) is 0 Å². The molecule has 1 aromatic heterocycles. The Morgan fingerprint density at radius 1 is 1.31 bits per heavy atom. The summed E-state index contributed by atoms with van der Waals surface area (Å²) < 4.78 is 5.22. The van der Waals surface area contributed by atoms with Crippen LogP contribution in [0.3, 0.4) is 0 Å². The minimum atomic E-state index is 0.628. The lowest BCUT2D eigenvalue weighted by atomic mass is 10.1. The van der Waals surface area contributed by atoms with Gasteiger partial charge in [0, 0.05) is 5.69 Å². The number of benzene rings is 1. The Morgan fingerprint density at radius 3 is 2.88 bits per heavy atom. The first-order valence-corrected chi connectivity index (χ1v) is 5.07. The summed E-state index contributed by atoms with van der Waals surface area (Å²) in [4.78, 5) is 0. The summed E-state index contributed by atoms with van der Waals surface area (Å²) in [5.74, 6) is 0.877. The average Bonchev–Trinajstić information content (AvgIpc) is 2.81. The molecule has 0 bridgehead atoms. The summed E-state index contributed by atoms with van der Waals surface area (Å²) >= 11 is 0. The average molecular weight is 212 g/mol. The van der Waals surface area contributed by atoms with Crippen LogP contribution in [0.5, 0.6) is 0 Å². The molecule has 80 valence electrons. The molecule has 0 amide bonds. The van der Waals surface area contributed by atoms with Crippen LogP contribution < -0.4 is 5.32 Å². The van der Waals surface area contributed by atoms with Gasteiger partial charge in [-0.3, -0.25) is 0 Å². The summed E-state index contributed by atoms with van der Waals surface area (Å²) in [7, 11) is 0. The van der Waals surface area contributed by atoms with E-state index in [4.69, 9.17) is 9.68 Å². The summed E-state index contributed by atoms with van der Waals surface area (Å²) in [5.41, 5.74) is 2.64. The molecule has 2 aromatic rings. The Kier molecular flexibility index (Phi) is 2.93. The quantitative estimate of drug-likeness (QED) is 0.850. The fraction of sp³-hybridized carbons (Fsp3) is 0.154. The van der Waals surface area contributed by atoms with Crippen LogP contribution in [0, 0.1) is 18.3 Å². The third-order valence-electron chi connectivity index (χ3n) is 2.49. The van der Waals surface area contributed by atoms with Crippen molar-refractivity contribution in [1.82, 2.24) is 0 Å². The second kappa shape index (κ2) is 4.54. The first-order chi connectivity index (χ1) is 7.81. The topological polar surface area (TPSA) is 49.0 Å². The lowest BCUT2D eigenvalue weighted by molar-refractivity contribution is 0.518. The van der Waals surface area contributed by atoms with Crippen LogP contribution in [-0.4, -0.2) is 0 Å². The minimum absolute atomic E-state index is 0.628. The molecule has 0 saturated heterocycles. The van der Waals surface area contributed by atoms with Crippen molar-refractivity contribution < 1.29 is 4.42 Å². The molecule has 0 aliphatic rings. The summed E-state index contributed by atoms with van der Waals surface area (Å²) in [6.07, 6.45) is 1.65. The van der Waals surface area contributed by atoms with Gasteiger partial charge in [-0.05, 0) is 36.8 Å². The summed E-state index contributed by atoms with van der Waals surface area (Å²) in [5, 5.41) is 12.1. The second-order valence-electron chi connectivity index (χ2n) is 3.52. The highest BCUT2D eigenvalue weighted by Crippen LogP contribution is 2.18. The maximum Gasteiger partial charge on any atom is 0.122 e. The van der Waals surface area contributed by atoms with Gasteiger partial charge in [0.1, 0.15) is 5.76 Å². The van der Waals surface area contributed by atoms with E-state index in [1.54, 1.807) is 6.26 Å². The minimum Gasteiger partial charge on any atom is -0.467 e. The number of hydrogen-bond acceptors (Lipinski definition) is 3. The molecule has 3 nitrogen and oxygen atoms in total. The molecule has 0 unspecified atom stereocenters. The highest BCUT2D eigenvalue weighted by molar-refractivity contribution is 5.57. The maximum absolute atomic E-state index is 8.90. The Balaban J connectivity index is 2.13. The van der Waals surface area contributed by atoms with Crippen LogP contribution in [0.1, 0.15) is 16.9 Å². The molecule has 0 fully saturated rings. The van der Waals surface area contributed by atoms with Crippen molar-refractivity contribution in [2.45, 2.75) is 13.5 Å². The molecule has 0 aliphatic heterocycles. The standard InChI is InChI=1S/C13H12N2O/c1-10-11(8-14)4-2-6-13(10)15-9-12-5-3-7-16-12/h2-7,15H,9H2,1H3.